The zero-order valence-corrected chi connectivity index (χ0v) is 13.5. The average molecular weight is 296 g/mol. The highest BCUT2D eigenvalue weighted by molar-refractivity contribution is 5.90. The summed E-state index contributed by atoms with van der Waals surface area (Å²) in [7, 11) is 1.72. The van der Waals surface area contributed by atoms with E-state index in [1.807, 2.05) is 11.8 Å². The van der Waals surface area contributed by atoms with Gasteiger partial charge in [-0.1, -0.05) is 20.3 Å². The highest BCUT2D eigenvalue weighted by Gasteiger charge is 2.45. The van der Waals surface area contributed by atoms with Crippen LogP contribution in [0.5, 0.6) is 0 Å². The van der Waals surface area contributed by atoms with Crippen LogP contribution in [-0.4, -0.2) is 49.6 Å². The van der Waals surface area contributed by atoms with Crippen molar-refractivity contribution in [3.63, 3.8) is 0 Å². The first-order valence-corrected chi connectivity index (χ1v) is 8.08. The quantitative estimate of drug-likeness (QED) is 0.776. The largest absolute Gasteiger partial charge is 0.385 e. The normalized spacial score (nSPS) is 26.2. The number of methoxy groups -OCH3 is 1. The minimum Gasteiger partial charge on any atom is -0.385 e. The fraction of sp³-hybridized carbons (Fsp3) is 0.875. The molecule has 1 saturated carbocycles. The molecule has 1 heterocycles. The molecule has 2 amide bonds. The van der Waals surface area contributed by atoms with Crippen LogP contribution < -0.4 is 5.32 Å². The van der Waals surface area contributed by atoms with Crippen LogP contribution in [0.3, 0.4) is 0 Å². The minimum absolute atomic E-state index is 0.00196. The second-order valence-electron chi connectivity index (χ2n) is 6.68. The highest BCUT2D eigenvalue weighted by Crippen LogP contribution is 2.49. The monoisotopic (exact) mass is 296 g/mol. The first kappa shape index (κ1) is 16.3. The van der Waals surface area contributed by atoms with Gasteiger partial charge in [-0.2, -0.15) is 0 Å². The molecule has 2 rings (SSSR count). The van der Waals surface area contributed by atoms with Crippen LogP contribution in [0.1, 0.15) is 46.0 Å². The van der Waals surface area contributed by atoms with Crippen molar-refractivity contribution in [2.45, 2.75) is 52.0 Å². The maximum absolute atomic E-state index is 12.8. The molecule has 1 N–H and O–H groups in total. The predicted molar refractivity (Wildman–Crippen MR) is 80.7 cm³/mol. The van der Waals surface area contributed by atoms with Gasteiger partial charge >= 0.3 is 0 Å². The summed E-state index contributed by atoms with van der Waals surface area (Å²) in [6, 6.07) is -0.358. The van der Waals surface area contributed by atoms with Crippen molar-refractivity contribution in [2.24, 2.45) is 11.3 Å². The molecule has 5 heteroatoms. The molecule has 2 unspecified atom stereocenters. The number of carbonyl (C=O) groups excluding carboxylic acids is 2. The Kier molecular flexibility index (Phi) is 5.25. The van der Waals surface area contributed by atoms with Gasteiger partial charge in [0.2, 0.25) is 11.8 Å². The number of nitrogens with one attached hydrogen (secondary N) is 1. The van der Waals surface area contributed by atoms with Gasteiger partial charge in [0.15, 0.2) is 0 Å². The summed E-state index contributed by atoms with van der Waals surface area (Å²) >= 11 is 0. The summed E-state index contributed by atoms with van der Waals surface area (Å²) in [4.78, 5) is 26.5. The summed E-state index contributed by atoms with van der Waals surface area (Å²) in [6.07, 6.45) is 4.63. The Morgan fingerprint density at radius 3 is 2.71 bits per heavy atom. The lowest BCUT2D eigenvalue weighted by Crippen LogP contribution is -2.49. The number of hydrogen-bond acceptors (Lipinski definition) is 3. The van der Waals surface area contributed by atoms with Crippen LogP contribution in [0.4, 0.5) is 0 Å². The maximum atomic E-state index is 12.8. The van der Waals surface area contributed by atoms with Crippen molar-refractivity contribution in [1.82, 2.24) is 10.2 Å². The van der Waals surface area contributed by atoms with E-state index in [4.69, 9.17) is 4.74 Å². The molecule has 1 saturated heterocycles. The summed E-state index contributed by atoms with van der Waals surface area (Å²) in [6.45, 7) is 6.15. The molecule has 120 valence electrons. The molecule has 2 fully saturated rings. The number of rotatable bonds is 7. The molecule has 0 aromatic rings. The Hall–Kier alpha value is -1.10. The van der Waals surface area contributed by atoms with E-state index in [-0.39, 0.29) is 29.2 Å². The van der Waals surface area contributed by atoms with E-state index in [1.165, 1.54) is 0 Å². The molecule has 1 aliphatic carbocycles. The summed E-state index contributed by atoms with van der Waals surface area (Å²) in [5, 5.41) is 2.90. The molecule has 0 bridgehead atoms. The molecule has 5 nitrogen and oxygen atoms in total. The molecule has 0 aromatic heterocycles. The zero-order valence-electron chi connectivity index (χ0n) is 13.5. The number of carbonyl (C=O) groups is 2. The Labute approximate surface area is 127 Å². The topological polar surface area (TPSA) is 58.6 Å². The minimum atomic E-state index is -0.358. The lowest BCUT2D eigenvalue weighted by Gasteiger charge is -2.30. The Morgan fingerprint density at radius 1 is 1.43 bits per heavy atom. The number of amides is 2. The Bertz CT molecular complexity index is 393. The highest BCUT2D eigenvalue weighted by atomic mass is 16.5. The van der Waals surface area contributed by atoms with Crippen LogP contribution in [0.2, 0.25) is 0 Å². The van der Waals surface area contributed by atoms with Gasteiger partial charge in [-0.15, -0.1) is 0 Å². The summed E-state index contributed by atoms with van der Waals surface area (Å²) in [5.74, 6) is 0.271. The van der Waals surface area contributed by atoms with Gasteiger partial charge in [-0.05, 0) is 30.6 Å². The maximum Gasteiger partial charge on any atom is 0.245 e. The van der Waals surface area contributed by atoms with Gasteiger partial charge in [0, 0.05) is 33.2 Å². The Balaban J connectivity index is 2.04. The van der Waals surface area contributed by atoms with Crippen molar-refractivity contribution < 1.29 is 14.3 Å². The molecule has 1 aliphatic heterocycles. The van der Waals surface area contributed by atoms with E-state index < -0.39 is 0 Å². The van der Waals surface area contributed by atoms with E-state index in [0.717, 1.165) is 38.8 Å². The van der Waals surface area contributed by atoms with Crippen LogP contribution in [0.25, 0.3) is 0 Å². The molecular formula is C16H28N2O3. The van der Waals surface area contributed by atoms with E-state index in [2.05, 4.69) is 12.2 Å². The summed E-state index contributed by atoms with van der Waals surface area (Å²) in [5.41, 5.74) is 0.235. The van der Waals surface area contributed by atoms with Crippen molar-refractivity contribution >= 4 is 11.8 Å². The van der Waals surface area contributed by atoms with Crippen molar-refractivity contribution in [2.75, 3.05) is 26.8 Å². The Morgan fingerprint density at radius 2 is 2.14 bits per heavy atom. The first-order valence-electron chi connectivity index (χ1n) is 8.08. The van der Waals surface area contributed by atoms with Gasteiger partial charge in [0.05, 0.1) is 0 Å². The molecule has 2 atom stereocenters. The van der Waals surface area contributed by atoms with Gasteiger partial charge in [0.25, 0.3) is 0 Å². The molecular weight excluding hydrogens is 268 g/mol. The van der Waals surface area contributed by atoms with Crippen molar-refractivity contribution in [3.8, 4) is 0 Å². The average Bonchev–Trinajstić information content (AvgIpc) is 3.26. The van der Waals surface area contributed by atoms with E-state index in [9.17, 15) is 9.59 Å². The van der Waals surface area contributed by atoms with Crippen LogP contribution in [-0.2, 0) is 14.3 Å². The third-order valence-electron chi connectivity index (χ3n) is 5.04. The SMILES string of the molecule is CCC(C)C1NC(=O)CCN(CC2(CCOC)CC2)C1=O. The van der Waals surface area contributed by atoms with E-state index in [0.29, 0.717) is 13.0 Å². The van der Waals surface area contributed by atoms with Gasteiger partial charge in [-0.3, -0.25) is 9.59 Å². The second kappa shape index (κ2) is 6.77. The third-order valence-corrected chi connectivity index (χ3v) is 5.04. The molecule has 0 aromatic carbocycles. The zero-order chi connectivity index (χ0) is 15.5. The number of ether oxygens (including phenoxy) is 1. The molecule has 21 heavy (non-hydrogen) atoms. The summed E-state index contributed by atoms with van der Waals surface area (Å²) < 4.78 is 5.18. The second-order valence-corrected chi connectivity index (χ2v) is 6.68. The molecule has 0 spiro atoms. The predicted octanol–water partition coefficient (Wildman–Crippen LogP) is 1.57. The van der Waals surface area contributed by atoms with Gasteiger partial charge < -0.3 is 15.0 Å². The van der Waals surface area contributed by atoms with Crippen molar-refractivity contribution in [1.29, 1.82) is 0 Å². The van der Waals surface area contributed by atoms with Crippen LogP contribution >= 0.6 is 0 Å². The van der Waals surface area contributed by atoms with Gasteiger partial charge in [0.1, 0.15) is 6.04 Å². The van der Waals surface area contributed by atoms with Crippen molar-refractivity contribution in [3.05, 3.63) is 0 Å². The van der Waals surface area contributed by atoms with E-state index >= 15 is 0 Å². The van der Waals surface area contributed by atoms with Crippen LogP contribution in [0.15, 0.2) is 0 Å². The standard InChI is InChI=1S/C16H28N2O3/c1-4-12(2)14-15(20)18(9-5-13(19)17-14)11-16(6-7-16)8-10-21-3/h12,14H,4-11H2,1-3H3,(H,17,19). The third kappa shape index (κ3) is 3.96. The van der Waals surface area contributed by atoms with Gasteiger partial charge in [-0.25, -0.2) is 0 Å². The lowest BCUT2D eigenvalue weighted by molar-refractivity contribution is -0.135. The van der Waals surface area contributed by atoms with Crippen LogP contribution in [0, 0.1) is 11.3 Å². The van der Waals surface area contributed by atoms with E-state index in [1.54, 1.807) is 7.11 Å². The molecule has 0 radical (unpaired) electrons. The first-order chi connectivity index (χ1) is 10.0. The fourth-order valence-corrected chi connectivity index (χ4v) is 3.02. The number of hydrogen-bond donors (Lipinski definition) is 1. The smallest absolute Gasteiger partial charge is 0.245 e. The fourth-order valence-electron chi connectivity index (χ4n) is 3.02. The lowest BCUT2D eigenvalue weighted by atomic mass is 9.96. The molecule has 2 aliphatic rings. The number of nitrogens with zero attached hydrogens (tertiary/aromatic N) is 1.